The molecule has 5 heteroatoms. The summed E-state index contributed by atoms with van der Waals surface area (Å²) in [6.45, 7) is 1.24. The maximum Gasteiger partial charge on any atom is 0.343 e. The zero-order valence-electron chi connectivity index (χ0n) is 9.15. The number of carbonyl (C=O) groups is 2. The van der Waals surface area contributed by atoms with Gasteiger partial charge in [0.25, 0.3) is 0 Å². The van der Waals surface area contributed by atoms with Gasteiger partial charge in [-0.1, -0.05) is 0 Å². The van der Waals surface area contributed by atoms with Crippen molar-refractivity contribution in [3.63, 3.8) is 0 Å². The third-order valence-electron chi connectivity index (χ3n) is 1.99. The Morgan fingerprint density at radius 1 is 1.38 bits per heavy atom. The summed E-state index contributed by atoms with van der Waals surface area (Å²) < 4.78 is 9.53. The van der Waals surface area contributed by atoms with Crippen LogP contribution in [-0.4, -0.2) is 25.5 Å². The van der Waals surface area contributed by atoms with Gasteiger partial charge in [0.05, 0.1) is 12.8 Å². The summed E-state index contributed by atoms with van der Waals surface area (Å²) in [5, 5.41) is 0. The van der Waals surface area contributed by atoms with Crippen molar-refractivity contribution < 1.29 is 19.1 Å². The van der Waals surface area contributed by atoms with Gasteiger partial charge in [-0.2, -0.15) is 0 Å². The van der Waals surface area contributed by atoms with Gasteiger partial charge in [-0.15, -0.1) is 0 Å². The van der Waals surface area contributed by atoms with Crippen molar-refractivity contribution in [2.45, 2.75) is 6.92 Å². The first-order valence-electron chi connectivity index (χ1n) is 4.64. The fraction of sp³-hybridized carbons (Fsp3) is 0.273. The van der Waals surface area contributed by atoms with Crippen molar-refractivity contribution in [1.29, 1.82) is 0 Å². The van der Waals surface area contributed by atoms with Gasteiger partial charge in [0.1, 0.15) is 5.75 Å². The molecule has 1 aromatic rings. The quantitative estimate of drug-likeness (QED) is 0.468. The lowest BCUT2D eigenvalue weighted by atomic mass is 10.1. The van der Waals surface area contributed by atoms with Crippen molar-refractivity contribution in [3.05, 3.63) is 23.8 Å². The molecule has 0 radical (unpaired) electrons. The first kappa shape index (κ1) is 12.0. The van der Waals surface area contributed by atoms with E-state index >= 15 is 0 Å². The van der Waals surface area contributed by atoms with E-state index in [4.69, 9.17) is 10.5 Å². The number of ketones is 1. The molecule has 0 heterocycles. The van der Waals surface area contributed by atoms with E-state index in [1.807, 2.05) is 0 Å². The molecule has 0 unspecified atom stereocenters. The molecule has 0 atom stereocenters. The van der Waals surface area contributed by atoms with Gasteiger partial charge in [0.2, 0.25) is 0 Å². The fourth-order valence-corrected chi connectivity index (χ4v) is 1.09. The van der Waals surface area contributed by atoms with Gasteiger partial charge in [-0.3, -0.25) is 4.79 Å². The molecule has 0 spiro atoms. The first-order valence-corrected chi connectivity index (χ1v) is 4.64. The monoisotopic (exact) mass is 223 g/mol. The van der Waals surface area contributed by atoms with Crippen LogP contribution in [0.15, 0.2) is 18.2 Å². The van der Waals surface area contributed by atoms with Crippen LogP contribution in [0.1, 0.15) is 17.3 Å². The van der Waals surface area contributed by atoms with Gasteiger partial charge in [0, 0.05) is 5.56 Å². The van der Waals surface area contributed by atoms with Crippen LogP contribution in [0.3, 0.4) is 0 Å². The number of hydrogen-bond acceptors (Lipinski definition) is 5. The zero-order chi connectivity index (χ0) is 12.1. The van der Waals surface area contributed by atoms with E-state index in [2.05, 4.69) is 4.74 Å². The summed E-state index contributed by atoms with van der Waals surface area (Å²) in [4.78, 5) is 21.9. The Labute approximate surface area is 93.1 Å². The van der Waals surface area contributed by atoms with Crippen LogP contribution in [0, 0.1) is 0 Å². The zero-order valence-corrected chi connectivity index (χ0v) is 9.15. The molecule has 0 fully saturated rings. The Kier molecular flexibility index (Phi) is 3.88. The van der Waals surface area contributed by atoms with Crippen LogP contribution >= 0.6 is 0 Å². The van der Waals surface area contributed by atoms with E-state index in [-0.39, 0.29) is 12.4 Å². The molecule has 1 rings (SSSR count). The summed E-state index contributed by atoms with van der Waals surface area (Å²) in [6, 6.07) is 4.65. The van der Waals surface area contributed by atoms with Crippen LogP contribution in [0.4, 0.5) is 5.69 Å². The highest BCUT2D eigenvalue weighted by molar-refractivity contribution is 5.95. The Balaban J connectivity index is 2.75. The number of rotatable bonds is 4. The molecule has 0 saturated carbocycles. The van der Waals surface area contributed by atoms with Gasteiger partial charge in [-0.05, 0) is 25.1 Å². The summed E-state index contributed by atoms with van der Waals surface area (Å²) >= 11 is 0. The molecule has 16 heavy (non-hydrogen) atoms. The van der Waals surface area contributed by atoms with Crippen molar-refractivity contribution in [1.82, 2.24) is 0 Å². The van der Waals surface area contributed by atoms with Gasteiger partial charge < -0.3 is 15.2 Å². The minimum absolute atomic E-state index is 0.0776. The molecular formula is C11H13NO4. The Bertz CT molecular complexity index is 414. The maximum atomic E-state index is 11.1. The lowest BCUT2D eigenvalue weighted by molar-refractivity contribution is -0.142. The van der Waals surface area contributed by atoms with Crippen LogP contribution in [-0.2, 0) is 9.53 Å². The number of benzene rings is 1. The van der Waals surface area contributed by atoms with Gasteiger partial charge >= 0.3 is 5.97 Å². The predicted molar refractivity (Wildman–Crippen MR) is 58.4 cm³/mol. The number of methoxy groups -OCH3 is 1. The van der Waals surface area contributed by atoms with Crippen molar-refractivity contribution in [2.75, 3.05) is 19.5 Å². The first-order chi connectivity index (χ1) is 7.54. The van der Waals surface area contributed by atoms with Crippen LogP contribution in [0.25, 0.3) is 0 Å². The molecule has 0 aliphatic carbocycles. The van der Waals surface area contributed by atoms with Crippen molar-refractivity contribution in [2.24, 2.45) is 0 Å². The molecule has 0 aliphatic rings. The van der Waals surface area contributed by atoms with Gasteiger partial charge in [0.15, 0.2) is 12.4 Å². The molecule has 86 valence electrons. The molecule has 0 amide bonds. The predicted octanol–water partition coefficient (Wildman–Crippen LogP) is 1.02. The number of esters is 1. The minimum Gasteiger partial charge on any atom is -0.480 e. The molecule has 0 bridgehead atoms. The number of carbonyl (C=O) groups excluding carboxylic acids is 2. The number of ether oxygens (including phenoxy) is 2. The van der Waals surface area contributed by atoms with E-state index in [0.29, 0.717) is 17.0 Å². The number of hydrogen-bond donors (Lipinski definition) is 1. The summed E-state index contributed by atoms with van der Waals surface area (Å²) in [5.41, 5.74) is 6.48. The Morgan fingerprint density at radius 2 is 2.06 bits per heavy atom. The average molecular weight is 223 g/mol. The van der Waals surface area contributed by atoms with Crippen molar-refractivity contribution >= 4 is 17.4 Å². The highest BCUT2D eigenvalue weighted by Gasteiger charge is 2.07. The minimum atomic E-state index is -0.491. The molecule has 0 aliphatic heterocycles. The van der Waals surface area contributed by atoms with E-state index in [1.54, 1.807) is 12.1 Å². The largest absolute Gasteiger partial charge is 0.480 e. The van der Waals surface area contributed by atoms with Crippen LogP contribution in [0.5, 0.6) is 5.75 Å². The molecular weight excluding hydrogens is 210 g/mol. The molecule has 0 aromatic heterocycles. The second kappa shape index (κ2) is 5.16. The van der Waals surface area contributed by atoms with Gasteiger partial charge in [-0.25, -0.2) is 4.79 Å². The van der Waals surface area contributed by atoms with E-state index < -0.39 is 5.97 Å². The number of nitrogens with two attached hydrogens (primary N) is 1. The third-order valence-corrected chi connectivity index (χ3v) is 1.99. The maximum absolute atomic E-state index is 11.1. The normalized spacial score (nSPS) is 9.62. The second-order valence-corrected chi connectivity index (χ2v) is 3.17. The van der Waals surface area contributed by atoms with E-state index in [9.17, 15) is 9.59 Å². The molecule has 5 nitrogen and oxygen atoms in total. The summed E-state index contributed by atoms with van der Waals surface area (Å²) in [7, 11) is 1.27. The number of anilines is 1. The Morgan fingerprint density at radius 3 is 2.56 bits per heavy atom. The van der Waals surface area contributed by atoms with E-state index in [1.165, 1.54) is 20.1 Å². The standard InChI is InChI=1S/C11H13NO4/c1-7(13)8-3-4-10(9(12)5-8)16-6-11(14)15-2/h3-5H,6,12H2,1-2H3. The topological polar surface area (TPSA) is 78.6 Å². The SMILES string of the molecule is COC(=O)COc1ccc(C(C)=O)cc1N. The lowest BCUT2D eigenvalue weighted by Crippen LogP contribution is -2.13. The summed E-state index contributed by atoms with van der Waals surface area (Å²) in [5.74, 6) is -0.211. The molecule has 2 N–H and O–H groups in total. The lowest BCUT2D eigenvalue weighted by Gasteiger charge is -2.08. The molecule has 0 saturated heterocycles. The second-order valence-electron chi connectivity index (χ2n) is 3.17. The smallest absolute Gasteiger partial charge is 0.343 e. The third kappa shape index (κ3) is 2.98. The average Bonchev–Trinajstić information content (AvgIpc) is 2.26. The highest BCUT2D eigenvalue weighted by atomic mass is 16.6. The van der Waals surface area contributed by atoms with E-state index in [0.717, 1.165) is 0 Å². The Hall–Kier alpha value is -2.04. The molecule has 1 aromatic carbocycles. The highest BCUT2D eigenvalue weighted by Crippen LogP contribution is 2.22. The van der Waals surface area contributed by atoms with Crippen LogP contribution < -0.4 is 10.5 Å². The number of nitrogen functional groups attached to an aromatic ring is 1. The van der Waals surface area contributed by atoms with Crippen molar-refractivity contribution in [3.8, 4) is 5.75 Å². The van der Waals surface area contributed by atoms with Crippen LogP contribution in [0.2, 0.25) is 0 Å². The fourth-order valence-electron chi connectivity index (χ4n) is 1.09. The summed E-state index contributed by atoms with van der Waals surface area (Å²) in [6.07, 6.45) is 0. The number of Topliss-reactive ketones (excluding diaryl/α,β-unsaturated/α-hetero) is 1.